The molecule has 2 aliphatic rings. The minimum absolute atomic E-state index is 0.149. The van der Waals surface area contributed by atoms with Gasteiger partial charge in [0.25, 0.3) is 0 Å². The van der Waals surface area contributed by atoms with Gasteiger partial charge in [-0.05, 0) is 33.1 Å². The average molecular weight is 240 g/mol. The maximum atomic E-state index is 12.4. The van der Waals surface area contributed by atoms with Gasteiger partial charge in [0.15, 0.2) is 0 Å². The lowest BCUT2D eigenvalue weighted by Crippen LogP contribution is -2.51. The second-order valence-corrected chi connectivity index (χ2v) is 5.62. The van der Waals surface area contributed by atoms with Crippen LogP contribution in [0.25, 0.3) is 0 Å². The van der Waals surface area contributed by atoms with Crippen molar-refractivity contribution in [1.29, 1.82) is 0 Å². The van der Waals surface area contributed by atoms with Crippen LogP contribution in [0.4, 0.5) is 0 Å². The fourth-order valence-electron chi connectivity index (χ4n) is 3.07. The fourth-order valence-corrected chi connectivity index (χ4v) is 3.07. The number of morpholine rings is 1. The number of ether oxygens (including phenoxy) is 1. The molecule has 1 saturated carbocycles. The number of rotatable bonds is 1. The number of hydrogen-bond donors (Lipinski definition) is 1. The minimum Gasteiger partial charge on any atom is -0.372 e. The summed E-state index contributed by atoms with van der Waals surface area (Å²) >= 11 is 0. The molecule has 1 aliphatic carbocycles. The zero-order valence-electron chi connectivity index (χ0n) is 10.9. The summed E-state index contributed by atoms with van der Waals surface area (Å²) in [6.45, 7) is 5.52. The van der Waals surface area contributed by atoms with Crippen LogP contribution in [0.5, 0.6) is 0 Å². The first-order valence-corrected chi connectivity index (χ1v) is 6.76. The minimum atomic E-state index is 0.149. The van der Waals surface area contributed by atoms with Crippen molar-refractivity contribution in [3.8, 4) is 0 Å². The second-order valence-electron chi connectivity index (χ2n) is 5.62. The lowest BCUT2D eigenvalue weighted by Gasteiger charge is -2.38. The van der Waals surface area contributed by atoms with Crippen LogP contribution in [0.3, 0.4) is 0 Å². The molecule has 1 aliphatic heterocycles. The van der Waals surface area contributed by atoms with E-state index >= 15 is 0 Å². The topological polar surface area (TPSA) is 55.6 Å². The Bertz CT molecular complexity index is 273. The van der Waals surface area contributed by atoms with Gasteiger partial charge in [-0.1, -0.05) is 6.42 Å². The largest absolute Gasteiger partial charge is 0.372 e. The predicted octanol–water partition coefficient (Wildman–Crippen LogP) is 1.14. The van der Waals surface area contributed by atoms with Gasteiger partial charge in [-0.3, -0.25) is 4.79 Å². The standard InChI is InChI=1S/C13H24N2O2/c1-9-7-15(8-10(2)17-9)13(16)11-4-3-5-12(14)6-11/h9-12H,3-8,14H2,1-2H3/t9-,10+,11?,12?. The van der Waals surface area contributed by atoms with E-state index in [4.69, 9.17) is 10.5 Å². The van der Waals surface area contributed by atoms with Gasteiger partial charge in [-0.25, -0.2) is 0 Å². The van der Waals surface area contributed by atoms with Gasteiger partial charge < -0.3 is 15.4 Å². The van der Waals surface area contributed by atoms with Gasteiger partial charge in [0.1, 0.15) is 0 Å². The summed E-state index contributed by atoms with van der Waals surface area (Å²) in [6, 6.07) is 0.216. The van der Waals surface area contributed by atoms with Crippen LogP contribution in [0, 0.1) is 5.92 Å². The second kappa shape index (κ2) is 5.36. The van der Waals surface area contributed by atoms with Gasteiger partial charge in [0, 0.05) is 25.0 Å². The summed E-state index contributed by atoms with van der Waals surface area (Å²) in [4.78, 5) is 14.4. The Kier molecular flexibility index (Phi) is 4.05. The lowest BCUT2D eigenvalue weighted by atomic mass is 9.85. The highest BCUT2D eigenvalue weighted by atomic mass is 16.5. The average Bonchev–Trinajstić information content (AvgIpc) is 2.26. The Morgan fingerprint density at radius 3 is 2.47 bits per heavy atom. The van der Waals surface area contributed by atoms with E-state index < -0.39 is 0 Å². The van der Waals surface area contributed by atoms with Crippen LogP contribution >= 0.6 is 0 Å². The molecule has 0 spiro atoms. The Morgan fingerprint density at radius 2 is 1.88 bits per heavy atom. The maximum absolute atomic E-state index is 12.4. The predicted molar refractivity (Wildman–Crippen MR) is 66.5 cm³/mol. The van der Waals surface area contributed by atoms with E-state index in [1.165, 1.54) is 0 Å². The van der Waals surface area contributed by atoms with E-state index in [9.17, 15) is 4.79 Å². The molecule has 17 heavy (non-hydrogen) atoms. The van der Waals surface area contributed by atoms with Crippen molar-refractivity contribution >= 4 is 5.91 Å². The molecule has 2 N–H and O–H groups in total. The molecule has 4 nitrogen and oxygen atoms in total. The molecule has 4 atom stereocenters. The number of hydrogen-bond acceptors (Lipinski definition) is 3. The summed E-state index contributed by atoms with van der Waals surface area (Å²) in [5, 5.41) is 0. The van der Waals surface area contributed by atoms with Gasteiger partial charge >= 0.3 is 0 Å². The number of nitrogens with zero attached hydrogens (tertiary/aromatic N) is 1. The summed E-state index contributed by atoms with van der Waals surface area (Å²) in [5.74, 6) is 0.443. The zero-order valence-corrected chi connectivity index (χ0v) is 10.9. The molecular weight excluding hydrogens is 216 g/mol. The molecule has 1 saturated heterocycles. The molecule has 0 bridgehead atoms. The third kappa shape index (κ3) is 3.19. The van der Waals surface area contributed by atoms with E-state index in [2.05, 4.69) is 0 Å². The first-order valence-electron chi connectivity index (χ1n) is 6.76. The highest BCUT2D eigenvalue weighted by Crippen LogP contribution is 2.26. The highest BCUT2D eigenvalue weighted by Gasteiger charge is 2.32. The molecular formula is C13H24N2O2. The SMILES string of the molecule is C[C@@H]1CN(C(=O)C2CCCC(N)C2)C[C@H](C)O1. The van der Waals surface area contributed by atoms with Crippen molar-refractivity contribution in [2.24, 2.45) is 11.7 Å². The van der Waals surface area contributed by atoms with E-state index in [1.54, 1.807) is 0 Å². The molecule has 0 aromatic heterocycles. The molecule has 2 fully saturated rings. The molecule has 2 rings (SSSR count). The molecule has 0 aromatic rings. The van der Waals surface area contributed by atoms with Crippen molar-refractivity contribution in [2.75, 3.05) is 13.1 Å². The van der Waals surface area contributed by atoms with Crippen molar-refractivity contribution in [3.05, 3.63) is 0 Å². The van der Waals surface area contributed by atoms with Gasteiger partial charge in [-0.2, -0.15) is 0 Å². The summed E-state index contributed by atoms with van der Waals surface area (Å²) < 4.78 is 5.66. The molecule has 98 valence electrons. The highest BCUT2D eigenvalue weighted by molar-refractivity contribution is 5.79. The number of amides is 1. The van der Waals surface area contributed by atoms with Crippen molar-refractivity contribution in [3.63, 3.8) is 0 Å². The summed E-state index contributed by atoms with van der Waals surface area (Å²) in [5.41, 5.74) is 5.95. The van der Waals surface area contributed by atoms with Crippen molar-refractivity contribution in [1.82, 2.24) is 4.90 Å². The summed E-state index contributed by atoms with van der Waals surface area (Å²) in [7, 11) is 0. The smallest absolute Gasteiger partial charge is 0.225 e. The van der Waals surface area contributed by atoms with Crippen LogP contribution in [0.2, 0.25) is 0 Å². The fraction of sp³-hybridized carbons (Fsp3) is 0.923. The normalized spacial score (nSPS) is 39.1. The van der Waals surface area contributed by atoms with Crippen LogP contribution in [-0.2, 0) is 9.53 Å². The number of carbonyl (C=O) groups is 1. The van der Waals surface area contributed by atoms with E-state index in [-0.39, 0.29) is 24.2 Å². The Hall–Kier alpha value is -0.610. The molecule has 0 radical (unpaired) electrons. The number of nitrogens with two attached hydrogens (primary N) is 1. The summed E-state index contributed by atoms with van der Waals surface area (Å²) in [6.07, 6.45) is 4.33. The van der Waals surface area contributed by atoms with Crippen molar-refractivity contribution in [2.45, 2.75) is 57.8 Å². The van der Waals surface area contributed by atoms with Crippen LogP contribution < -0.4 is 5.73 Å². The quantitative estimate of drug-likeness (QED) is 0.748. The monoisotopic (exact) mass is 240 g/mol. The third-order valence-corrected chi connectivity index (χ3v) is 3.80. The molecule has 0 aromatic carbocycles. The van der Waals surface area contributed by atoms with Gasteiger partial charge in [0.2, 0.25) is 5.91 Å². The van der Waals surface area contributed by atoms with Crippen LogP contribution in [-0.4, -0.2) is 42.1 Å². The van der Waals surface area contributed by atoms with Crippen LogP contribution in [0.15, 0.2) is 0 Å². The first-order chi connectivity index (χ1) is 8.06. The lowest BCUT2D eigenvalue weighted by molar-refractivity contribution is -0.148. The number of carbonyl (C=O) groups excluding carboxylic acids is 1. The third-order valence-electron chi connectivity index (χ3n) is 3.80. The van der Waals surface area contributed by atoms with Gasteiger partial charge in [-0.15, -0.1) is 0 Å². The molecule has 1 heterocycles. The molecule has 1 amide bonds. The van der Waals surface area contributed by atoms with Gasteiger partial charge in [0.05, 0.1) is 12.2 Å². The van der Waals surface area contributed by atoms with E-state index in [0.717, 1.165) is 38.8 Å². The van der Waals surface area contributed by atoms with E-state index in [1.807, 2.05) is 18.7 Å². The Balaban J connectivity index is 1.94. The zero-order chi connectivity index (χ0) is 12.4. The molecule has 4 heteroatoms. The van der Waals surface area contributed by atoms with Crippen LogP contribution in [0.1, 0.15) is 39.5 Å². The van der Waals surface area contributed by atoms with Crippen molar-refractivity contribution < 1.29 is 9.53 Å². The Labute approximate surface area is 103 Å². The first kappa shape index (κ1) is 12.8. The molecule has 2 unspecified atom stereocenters. The Morgan fingerprint density at radius 1 is 1.24 bits per heavy atom. The maximum Gasteiger partial charge on any atom is 0.225 e. The van der Waals surface area contributed by atoms with E-state index in [0.29, 0.717) is 5.91 Å².